The van der Waals surface area contributed by atoms with E-state index < -0.39 is 10.0 Å². The second-order valence-corrected chi connectivity index (χ2v) is 6.92. The highest BCUT2D eigenvalue weighted by atomic mass is 32.2. The first-order valence-corrected chi connectivity index (χ1v) is 8.94. The van der Waals surface area contributed by atoms with E-state index in [9.17, 15) is 8.42 Å². The van der Waals surface area contributed by atoms with E-state index in [0.717, 1.165) is 18.8 Å². The van der Waals surface area contributed by atoms with E-state index in [0.29, 0.717) is 5.82 Å². The Hall–Kier alpha value is -2.08. The second-order valence-electron chi connectivity index (χ2n) is 4.91. The van der Waals surface area contributed by atoms with Crippen molar-refractivity contribution in [1.29, 1.82) is 0 Å². The van der Waals surface area contributed by atoms with Crippen LogP contribution in [0.15, 0.2) is 48.7 Å². The Balaban J connectivity index is 2.10. The van der Waals surface area contributed by atoms with E-state index in [1.807, 2.05) is 24.3 Å². The van der Waals surface area contributed by atoms with Gasteiger partial charge in [0.15, 0.2) is 0 Å². The molecule has 0 aliphatic carbocycles. The molecule has 0 aliphatic rings. The SMILES string of the molecule is CCN(Cc1ccccc1)c1ccc(NS(=O)(=O)CC)nc1. The molecule has 0 fully saturated rings. The number of sulfonamides is 1. The maximum Gasteiger partial charge on any atom is 0.233 e. The summed E-state index contributed by atoms with van der Waals surface area (Å²) in [4.78, 5) is 6.37. The first-order valence-electron chi connectivity index (χ1n) is 7.29. The molecule has 0 atom stereocenters. The molecule has 1 aromatic carbocycles. The number of rotatable bonds is 7. The highest BCUT2D eigenvalue weighted by molar-refractivity contribution is 7.92. The van der Waals surface area contributed by atoms with Gasteiger partial charge in [0, 0.05) is 13.1 Å². The van der Waals surface area contributed by atoms with Crippen LogP contribution in [0.3, 0.4) is 0 Å². The van der Waals surface area contributed by atoms with E-state index in [2.05, 4.69) is 33.7 Å². The third kappa shape index (κ3) is 4.46. The van der Waals surface area contributed by atoms with Crippen molar-refractivity contribution in [2.24, 2.45) is 0 Å². The molecule has 0 saturated carbocycles. The van der Waals surface area contributed by atoms with Gasteiger partial charge in [-0.2, -0.15) is 0 Å². The molecule has 5 nitrogen and oxygen atoms in total. The van der Waals surface area contributed by atoms with Crippen LogP contribution in [-0.2, 0) is 16.6 Å². The Labute approximate surface area is 132 Å². The van der Waals surface area contributed by atoms with Crippen molar-refractivity contribution >= 4 is 21.5 Å². The quantitative estimate of drug-likeness (QED) is 0.852. The van der Waals surface area contributed by atoms with Crippen molar-refractivity contribution in [2.45, 2.75) is 20.4 Å². The molecular weight excluding hydrogens is 298 g/mol. The molecule has 118 valence electrons. The molecule has 0 spiro atoms. The van der Waals surface area contributed by atoms with Gasteiger partial charge in [-0.15, -0.1) is 0 Å². The maximum atomic E-state index is 11.5. The monoisotopic (exact) mass is 319 g/mol. The van der Waals surface area contributed by atoms with Gasteiger partial charge in [-0.25, -0.2) is 13.4 Å². The minimum Gasteiger partial charge on any atom is -0.366 e. The summed E-state index contributed by atoms with van der Waals surface area (Å²) in [5.74, 6) is 0.382. The maximum absolute atomic E-state index is 11.5. The van der Waals surface area contributed by atoms with Crippen LogP contribution in [0.25, 0.3) is 0 Å². The van der Waals surface area contributed by atoms with Gasteiger partial charge in [-0.1, -0.05) is 30.3 Å². The third-order valence-corrected chi connectivity index (χ3v) is 4.63. The minimum atomic E-state index is -3.29. The summed E-state index contributed by atoms with van der Waals surface area (Å²) in [5, 5.41) is 0. The fourth-order valence-corrected chi connectivity index (χ4v) is 2.64. The number of benzene rings is 1. The molecule has 2 aromatic rings. The third-order valence-electron chi connectivity index (χ3n) is 3.35. The Bertz CT molecular complexity index is 685. The number of aromatic nitrogens is 1. The highest BCUT2D eigenvalue weighted by Gasteiger charge is 2.09. The first-order chi connectivity index (χ1) is 10.5. The molecule has 0 radical (unpaired) electrons. The fraction of sp³-hybridized carbons (Fsp3) is 0.312. The normalized spacial score (nSPS) is 11.2. The molecule has 1 aromatic heterocycles. The minimum absolute atomic E-state index is 0.0333. The highest BCUT2D eigenvalue weighted by Crippen LogP contribution is 2.18. The summed E-state index contributed by atoms with van der Waals surface area (Å²) in [5.41, 5.74) is 2.19. The number of pyridine rings is 1. The Kier molecular flexibility index (Phi) is 5.38. The summed E-state index contributed by atoms with van der Waals surface area (Å²) in [6, 6.07) is 13.8. The van der Waals surface area contributed by atoms with E-state index in [-0.39, 0.29) is 5.75 Å². The summed E-state index contributed by atoms with van der Waals surface area (Å²) in [6.45, 7) is 5.31. The van der Waals surface area contributed by atoms with Crippen LogP contribution in [-0.4, -0.2) is 25.7 Å². The lowest BCUT2D eigenvalue weighted by Gasteiger charge is -2.23. The van der Waals surface area contributed by atoms with Gasteiger partial charge in [-0.3, -0.25) is 4.72 Å². The molecule has 2 rings (SSSR count). The molecule has 0 unspecified atom stereocenters. The van der Waals surface area contributed by atoms with E-state index >= 15 is 0 Å². The van der Waals surface area contributed by atoms with Crippen molar-refractivity contribution in [2.75, 3.05) is 21.9 Å². The van der Waals surface area contributed by atoms with Crippen LogP contribution in [0.5, 0.6) is 0 Å². The number of nitrogens with one attached hydrogen (secondary N) is 1. The largest absolute Gasteiger partial charge is 0.366 e. The van der Waals surface area contributed by atoms with Crippen molar-refractivity contribution in [1.82, 2.24) is 4.98 Å². The summed E-state index contributed by atoms with van der Waals surface area (Å²) in [7, 11) is -3.29. The van der Waals surface area contributed by atoms with Crippen LogP contribution in [0, 0.1) is 0 Å². The number of nitrogens with zero attached hydrogens (tertiary/aromatic N) is 2. The predicted octanol–water partition coefficient (Wildman–Crippen LogP) is 2.87. The standard InChI is InChI=1S/C16H21N3O2S/c1-3-19(13-14-8-6-5-7-9-14)15-10-11-16(17-12-15)18-22(20,21)4-2/h5-12H,3-4,13H2,1-2H3,(H,17,18). The van der Waals surface area contributed by atoms with E-state index in [1.54, 1.807) is 19.2 Å². The van der Waals surface area contributed by atoms with Gasteiger partial charge < -0.3 is 4.90 Å². The molecule has 0 aliphatic heterocycles. The Morgan fingerprint density at radius 2 is 1.82 bits per heavy atom. The zero-order chi connectivity index (χ0) is 16.0. The van der Waals surface area contributed by atoms with Gasteiger partial charge in [0.2, 0.25) is 10.0 Å². The molecule has 0 amide bonds. The number of anilines is 2. The average molecular weight is 319 g/mol. The smallest absolute Gasteiger partial charge is 0.233 e. The van der Waals surface area contributed by atoms with Crippen LogP contribution in [0.1, 0.15) is 19.4 Å². The van der Waals surface area contributed by atoms with E-state index in [4.69, 9.17) is 0 Å². The van der Waals surface area contributed by atoms with Gasteiger partial charge >= 0.3 is 0 Å². The van der Waals surface area contributed by atoms with E-state index in [1.165, 1.54) is 5.56 Å². The Morgan fingerprint density at radius 1 is 1.09 bits per heavy atom. The first kappa shape index (κ1) is 16.3. The second kappa shape index (κ2) is 7.26. The van der Waals surface area contributed by atoms with Crippen LogP contribution < -0.4 is 9.62 Å². The zero-order valence-corrected chi connectivity index (χ0v) is 13.7. The van der Waals surface area contributed by atoms with Crippen molar-refractivity contribution in [3.63, 3.8) is 0 Å². The lowest BCUT2D eigenvalue weighted by Crippen LogP contribution is -2.22. The molecule has 22 heavy (non-hydrogen) atoms. The topological polar surface area (TPSA) is 62.3 Å². The van der Waals surface area contributed by atoms with Crippen molar-refractivity contribution in [3.8, 4) is 0 Å². The summed E-state index contributed by atoms with van der Waals surface area (Å²) in [6.07, 6.45) is 1.69. The summed E-state index contributed by atoms with van der Waals surface area (Å²) >= 11 is 0. The molecule has 1 N–H and O–H groups in total. The average Bonchev–Trinajstić information content (AvgIpc) is 2.54. The molecule has 0 saturated heterocycles. The van der Waals surface area contributed by atoms with Gasteiger partial charge in [0.25, 0.3) is 0 Å². The molecule has 6 heteroatoms. The lowest BCUT2D eigenvalue weighted by molar-refractivity contribution is 0.602. The van der Waals surface area contributed by atoms with Crippen molar-refractivity contribution < 1.29 is 8.42 Å². The Morgan fingerprint density at radius 3 is 2.36 bits per heavy atom. The lowest BCUT2D eigenvalue weighted by atomic mass is 10.2. The van der Waals surface area contributed by atoms with Gasteiger partial charge in [0.05, 0.1) is 17.6 Å². The molecular formula is C16H21N3O2S. The van der Waals surface area contributed by atoms with Gasteiger partial charge in [0.1, 0.15) is 5.82 Å². The van der Waals surface area contributed by atoms with Crippen LogP contribution >= 0.6 is 0 Å². The van der Waals surface area contributed by atoms with Crippen LogP contribution in [0.4, 0.5) is 11.5 Å². The zero-order valence-electron chi connectivity index (χ0n) is 12.9. The van der Waals surface area contributed by atoms with Crippen LogP contribution in [0.2, 0.25) is 0 Å². The van der Waals surface area contributed by atoms with Gasteiger partial charge in [-0.05, 0) is 31.5 Å². The molecule has 1 heterocycles. The van der Waals surface area contributed by atoms with Crippen molar-refractivity contribution in [3.05, 3.63) is 54.2 Å². The fourth-order valence-electron chi connectivity index (χ4n) is 2.05. The number of hydrogen-bond donors (Lipinski definition) is 1. The molecule has 0 bridgehead atoms. The predicted molar refractivity (Wildman–Crippen MR) is 90.5 cm³/mol. The summed E-state index contributed by atoms with van der Waals surface area (Å²) < 4.78 is 25.5. The number of hydrogen-bond acceptors (Lipinski definition) is 4.